The predicted octanol–water partition coefficient (Wildman–Crippen LogP) is 8.76. The van der Waals surface area contributed by atoms with Crippen LogP contribution < -0.4 is 24.8 Å². The molecule has 0 nitrogen and oxygen atoms in total. The number of rotatable bonds is 4. The molecule has 0 N–H and O–H groups in total. The van der Waals surface area contributed by atoms with E-state index in [1.807, 2.05) is 0 Å². The monoisotopic (exact) mass is 862 g/mol. The fourth-order valence-corrected chi connectivity index (χ4v) is 8.00. The minimum atomic E-state index is 0. The molecule has 0 heterocycles. The molecule has 7 aromatic rings. The van der Waals surface area contributed by atoms with Gasteiger partial charge in [0.25, 0.3) is 0 Å². The standard InChI is InChI=1S/C33H33.C15H14.C6H7.2ClH.Zr/c1-32(2,3)30-20-26-24(18-28(30)22-13-9-7-10-14-22)17-25-19-29(23-15-11-8-12-16-23)31(21-27(25)26)33(4,5)6;1-12-3-7-14(8-4-12)11-15-9-5-13(2)6-10-15;1-6-4-2-3-5-6;;;/h7-21H,1-6H3;3-10H,1-2H3;2,4H,3H2,1H3;2*1H;/q-1;;-1;;;+2/p-2. The molecule has 0 bridgehead atoms. The van der Waals surface area contributed by atoms with Crippen molar-refractivity contribution in [2.45, 2.75) is 79.6 Å². The second-order valence-corrected chi connectivity index (χ2v) is 18.1. The van der Waals surface area contributed by atoms with Gasteiger partial charge >= 0.3 is 112 Å². The molecule has 57 heavy (non-hydrogen) atoms. The molecule has 1 aliphatic rings. The summed E-state index contributed by atoms with van der Waals surface area (Å²) >= 11 is 1.46. The number of halogens is 2. The summed E-state index contributed by atoms with van der Waals surface area (Å²) in [5, 5.41) is 5.36. The summed E-state index contributed by atoms with van der Waals surface area (Å²) in [6, 6.07) is 51.3. The van der Waals surface area contributed by atoms with Gasteiger partial charge in [-0.25, -0.2) is 11.6 Å². The van der Waals surface area contributed by atoms with Gasteiger partial charge in [-0.2, -0.15) is 6.08 Å². The van der Waals surface area contributed by atoms with E-state index in [2.05, 4.69) is 220 Å². The Labute approximate surface area is 369 Å². The van der Waals surface area contributed by atoms with Crippen LogP contribution in [0, 0.1) is 19.9 Å². The number of aryl methyl sites for hydroxylation is 2. The van der Waals surface area contributed by atoms with E-state index in [1.165, 1.54) is 110 Å². The largest absolute Gasteiger partial charge is 1.00 e. The van der Waals surface area contributed by atoms with Crippen molar-refractivity contribution in [3.05, 3.63) is 197 Å². The predicted molar refractivity (Wildman–Crippen MR) is 237 cm³/mol. The summed E-state index contributed by atoms with van der Waals surface area (Å²) < 4.78 is 1.42. The Bertz CT molecular complexity index is 2310. The van der Waals surface area contributed by atoms with Crippen LogP contribution in [-0.4, -0.2) is 3.21 Å². The van der Waals surface area contributed by atoms with Crippen LogP contribution in [0.3, 0.4) is 0 Å². The van der Waals surface area contributed by atoms with E-state index in [0.717, 1.165) is 6.42 Å². The third kappa shape index (κ3) is 11.4. The van der Waals surface area contributed by atoms with Gasteiger partial charge in [0.15, 0.2) is 0 Å². The molecule has 0 fully saturated rings. The van der Waals surface area contributed by atoms with Crippen molar-refractivity contribution in [3.63, 3.8) is 0 Å². The second-order valence-electron chi connectivity index (χ2n) is 16.9. The van der Waals surface area contributed by atoms with Crippen molar-refractivity contribution in [2.24, 2.45) is 0 Å². The van der Waals surface area contributed by atoms with E-state index in [4.69, 9.17) is 0 Å². The van der Waals surface area contributed by atoms with Crippen LogP contribution in [0.25, 0.3) is 43.8 Å². The van der Waals surface area contributed by atoms with Gasteiger partial charge in [-0.15, -0.1) is 46.2 Å². The van der Waals surface area contributed by atoms with Crippen LogP contribution >= 0.6 is 0 Å². The van der Waals surface area contributed by atoms with E-state index in [1.54, 1.807) is 0 Å². The number of hydrogen-bond donors (Lipinski definition) is 0. The van der Waals surface area contributed by atoms with E-state index in [-0.39, 0.29) is 35.6 Å². The Balaban J connectivity index is 0.000000249. The molecule has 0 amide bonds. The van der Waals surface area contributed by atoms with E-state index in [9.17, 15) is 0 Å². The van der Waals surface area contributed by atoms with Gasteiger partial charge in [-0.3, -0.25) is 6.08 Å². The summed E-state index contributed by atoms with van der Waals surface area (Å²) in [7, 11) is 0. The van der Waals surface area contributed by atoms with Crippen LogP contribution in [-0.2, 0) is 35.1 Å². The van der Waals surface area contributed by atoms with Gasteiger partial charge in [-0.05, 0) is 44.2 Å². The zero-order valence-electron chi connectivity index (χ0n) is 34.9. The molecular weight excluding hydrogens is 811 g/mol. The smallest absolute Gasteiger partial charge is 1.00 e. The van der Waals surface area contributed by atoms with Crippen LogP contribution in [0.1, 0.15) is 88.3 Å². The molecule has 0 spiro atoms. The number of benzene rings is 6. The molecule has 290 valence electrons. The molecule has 8 rings (SSSR count). The van der Waals surface area contributed by atoms with Crippen LogP contribution in [0.15, 0.2) is 157 Å². The second kappa shape index (κ2) is 19.6. The first-order valence-electron chi connectivity index (χ1n) is 19.5. The zero-order valence-corrected chi connectivity index (χ0v) is 38.9. The van der Waals surface area contributed by atoms with Crippen molar-refractivity contribution < 1.29 is 49.0 Å². The molecule has 0 saturated carbocycles. The molecule has 0 aliphatic heterocycles. The average Bonchev–Trinajstić information content (AvgIpc) is 3.80. The maximum Gasteiger partial charge on any atom is -1.00 e. The number of fused-ring (bicyclic) bond motifs is 3. The van der Waals surface area contributed by atoms with Crippen molar-refractivity contribution in [1.29, 1.82) is 0 Å². The normalized spacial score (nSPS) is 12.1. The fraction of sp³-hybridized carbons (Fsp3) is 0.222. The Morgan fingerprint density at radius 1 is 0.544 bits per heavy atom. The van der Waals surface area contributed by atoms with Crippen molar-refractivity contribution >= 4 is 24.8 Å². The first-order chi connectivity index (χ1) is 26.2. The molecule has 0 unspecified atom stereocenters. The summed E-state index contributed by atoms with van der Waals surface area (Å²) in [6.45, 7) is 20.2. The molecule has 0 aromatic heterocycles. The van der Waals surface area contributed by atoms with Crippen LogP contribution in [0.5, 0.6) is 0 Å². The number of allylic oxidation sites excluding steroid dienone is 4. The minimum Gasteiger partial charge on any atom is -1.00 e. The molecular formula is C54H54Cl2Zr-2. The Morgan fingerprint density at radius 2 is 0.930 bits per heavy atom. The van der Waals surface area contributed by atoms with Crippen LogP contribution in [0.4, 0.5) is 0 Å². The topological polar surface area (TPSA) is 0 Å². The SMILES string of the molecule is CC(C)(C)c1cc2c(cc1-c1ccccc1)[cH-]c1cc(-c3ccccc3)c(C(C)(C)C)cc12.CC1=[C-]CC=C1.Cc1ccc([C](=[Zr+2])c2ccc(C)cc2)cc1.[Cl-].[Cl-]. The van der Waals surface area contributed by atoms with Crippen LogP contribution in [0.2, 0.25) is 0 Å². The molecule has 0 radical (unpaired) electrons. The molecule has 7 aromatic carbocycles. The molecule has 0 saturated heterocycles. The quantitative estimate of drug-likeness (QED) is 0.156. The van der Waals surface area contributed by atoms with Gasteiger partial charge in [0.1, 0.15) is 0 Å². The van der Waals surface area contributed by atoms with Gasteiger partial charge in [0.2, 0.25) is 0 Å². The Morgan fingerprint density at radius 3 is 1.23 bits per heavy atom. The summed E-state index contributed by atoms with van der Waals surface area (Å²) in [5.74, 6) is 0. The maximum absolute atomic E-state index is 3.12. The fourth-order valence-electron chi connectivity index (χ4n) is 7.18. The summed E-state index contributed by atoms with van der Waals surface area (Å²) in [5.41, 5.74) is 14.7. The first kappa shape index (κ1) is 45.7. The Kier molecular flexibility index (Phi) is 15.7. The molecule has 0 atom stereocenters. The van der Waals surface area contributed by atoms with Crippen molar-refractivity contribution in [1.82, 2.24) is 0 Å². The molecule has 1 aliphatic carbocycles. The Hall–Kier alpha value is -4.00. The first-order valence-corrected chi connectivity index (χ1v) is 20.7. The molecule has 3 heteroatoms. The van der Waals surface area contributed by atoms with Crippen molar-refractivity contribution in [2.75, 3.05) is 0 Å². The third-order valence-corrected chi connectivity index (χ3v) is 11.7. The van der Waals surface area contributed by atoms with E-state index in [0.29, 0.717) is 0 Å². The van der Waals surface area contributed by atoms with Gasteiger partial charge in [0.05, 0.1) is 0 Å². The van der Waals surface area contributed by atoms with E-state index < -0.39 is 0 Å². The van der Waals surface area contributed by atoms with Crippen molar-refractivity contribution in [3.8, 4) is 22.3 Å². The van der Waals surface area contributed by atoms with Gasteiger partial charge < -0.3 is 24.8 Å². The average molecular weight is 865 g/mol. The zero-order chi connectivity index (χ0) is 39.3. The van der Waals surface area contributed by atoms with E-state index >= 15 is 0 Å². The summed E-state index contributed by atoms with van der Waals surface area (Å²) in [4.78, 5) is 0. The van der Waals surface area contributed by atoms with Gasteiger partial charge in [0, 0.05) is 0 Å². The minimum absolute atomic E-state index is 0. The number of hydrogen-bond acceptors (Lipinski definition) is 0. The summed E-state index contributed by atoms with van der Waals surface area (Å²) in [6.07, 6.45) is 8.33. The maximum atomic E-state index is 3.12. The van der Waals surface area contributed by atoms with Gasteiger partial charge in [-0.1, -0.05) is 121 Å². The third-order valence-electron chi connectivity index (χ3n) is 10.3.